The van der Waals surface area contributed by atoms with Crippen LogP contribution in [0.3, 0.4) is 0 Å². The summed E-state index contributed by atoms with van der Waals surface area (Å²) in [7, 11) is 0. The first-order valence-corrected chi connectivity index (χ1v) is 7.83. The highest BCUT2D eigenvalue weighted by Crippen LogP contribution is 2.41. The van der Waals surface area contributed by atoms with Gasteiger partial charge in [-0.15, -0.1) is 0 Å². The molecule has 0 radical (unpaired) electrons. The van der Waals surface area contributed by atoms with Gasteiger partial charge in [0.25, 0.3) is 0 Å². The van der Waals surface area contributed by atoms with E-state index in [9.17, 15) is 4.39 Å². The van der Waals surface area contributed by atoms with Gasteiger partial charge in [-0.1, -0.05) is 25.3 Å². The van der Waals surface area contributed by atoms with Crippen molar-refractivity contribution in [3.8, 4) is 6.07 Å². The molecule has 1 spiro atoms. The van der Waals surface area contributed by atoms with Crippen LogP contribution in [0, 0.1) is 17.1 Å². The second-order valence-corrected chi connectivity index (χ2v) is 6.18. The van der Waals surface area contributed by atoms with Crippen molar-refractivity contribution >= 4 is 5.69 Å². The van der Waals surface area contributed by atoms with Gasteiger partial charge < -0.3 is 10.1 Å². The lowest BCUT2D eigenvalue weighted by molar-refractivity contribution is -0.0588. The molecule has 1 saturated carbocycles. The van der Waals surface area contributed by atoms with Crippen molar-refractivity contribution in [2.45, 2.75) is 56.7 Å². The average molecular weight is 288 g/mol. The Kier molecular flexibility index (Phi) is 4.12. The molecule has 1 atom stereocenters. The largest absolute Gasteiger partial charge is 0.381 e. The summed E-state index contributed by atoms with van der Waals surface area (Å²) in [6.45, 7) is 0.639. The molecule has 1 aromatic rings. The van der Waals surface area contributed by atoms with Crippen LogP contribution < -0.4 is 5.32 Å². The van der Waals surface area contributed by atoms with Crippen LogP contribution in [0.15, 0.2) is 18.2 Å². The molecule has 4 heteroatoms. The Morgan fingerprint density at radius 3 is 2.86 bits per heavy atom. The summed E-state index contributed by atoms with van der Waals surface area (Å²) in [4.78, 5) is 0. The first-order chi connectivity index (χ1) is 10.2. The average Bonchev–Trinajstić information content (AvgIpc) is 2.88. The van der Waals surface area contributed by atoms with E-state index in [0.29, 0.717) is 12.2 Å². The fourth-order valence-corrected chi connectivity index (χ4v) is 3.61. The smallest absolute Gasteiger partial charge is 0.143 e. The van der Waals surface area contributed by atoms with Crippen molar-refractivity contribution in [3.05, 3.63) is 29.6 Å². The van der Waals surface area contributed by atoms with E-state index in [2.05, 4.69) is 5.32 Å². The standard InChI is InChI=1S/C17H21FN2O/c18-15-5-4-6-16(14(15)11-19)20-12-13-7-10-17(21-13)8-2-1-3-9-17/h4-6,13,20H,1-3,7-10,12H2. The number of hydrogen-bond acceptors (Lipinski definition) is 3. The normalized spacial score (nSPS) is 23.9. The Morgan fingerprint density at radius 2 is 2.10 bits per heavy atom. The lowest BCUT2D eigenvalue weighted by Crippen LogP contribution is -2.33. The second-order valence-electron chi connectivity index (χ2n) is 6.18. The molecule has 3 nitrogen and oxygen atoms in total. The first kappa shape index (κ1) is 14.3. The molecule has 0 amide bonds. The Morgan fingerprint density at radius 1 is 1.29 bits per heavy atom. The zero-order chi connectivity index (χ0) is 14.7. The van der Waals surface area contributed by atoms with Gasteiger partial charge >= 0.3 is 0 Å². The van der Waals surface area contributed by atoms with E-state index in [1.54, 1.807) is 12.1 Å². The van der Waals surface area contributed by atoms with E-state index in [1.165, 1.54) is 38.2 Å². The highest BCUT2D eigenvalue weighted by Gasteiger charge is 2.40. The second kappa shape index (κ2) is 6.03. The molecule has 0 aromatic heterocycles. The lowest BCUT2D eigenvalue weighted by Gasteiger charge is -2.33. The van der Waals surface area contributed by atoms with Crippen molar-refractivity contribution in [1.29, 1.82) is 5.26 Å². The minimum atomic E-state index is -0.474. The van der Waals surface area contributed by atoms with Crippen molar-refractivity contribution in [2.24, 2.45) is 0 Å². The van der Waals surface area contributed by atoms with Crippen LogP contribution in [0.4, 0.5) is 10.1 Å². The third-order valence-electron chi connectivity index (χ3n) is 4.75. The number of benzene rings is 1. The summed E-state index contributed by atoms with van der Waals surface area (Å²) >= 11 is 0. The van der Waals surface area contributed by atoms with Crippen LogP contribution in [-0.2, 0) is 4.74 Å². The van der Waals surface area contributed by atoms with Gasteiger partial charge in [-0.05, 0) is 37.8 Å². The van der Waals surface area contributed by atoms with Gasteiger partial charge in [-0.25, -0.2) is 4.39 Å². The lowest BCUT2D eigenvalue weighted by atomic mass is 9.83. The molecule has 0 bridgehead atoms. The predicted molar refractivity (Wildman–Crippen MR) is 79.5 cm³/mol. The number of hydrogen-bond donors (Lipinski definition) is 1. The SMILES string of the molecule is N#Cc1c(F)cccc1NCC1CCC2(CCCCC2)O1. The third kappa shape index (κ3) is 3.03. The monoisotopic (exact) mass is 288 g/mol. The van der Waals surface area contributed by atoms with Crippen molar-refractivity contribution < 1.29 is 9.13 Å². The minimum Gasteiger partial charge on any atom is -0.381 e. The van der Waals surface area contributed by atoms with Crippen LogP contribution in [-0.4, -0.2) is 18.2 Å². The quantitative estimate of drug-likeness (QED) is 0.914. The number of ether oxygens (including phenoxy) is 1. The van der Waals surface area contributed by atoms with Gasteiger partial charge in [-0.3, -0.25) is 0 Å². The van der Waals surface area contributed by atoms with Crippen molar-refractivity contribution in [2.75, 3.05) is 11.9 Å². The zero-order valence-electron chi connectivity index (χ0n) is 12.2. The van der Waals surface area contributed by atoms with Crippen molar-refractivity contribution in [1.82, 2.24) is 0 Å². The number of nitrogens with zero attached hydrogens (tertiary/aromatic N) is 1. The Labute approximate surface area is 125 Å². The number of rotatable bonds is 3. The number of anilines is 1. The van der Waals surface area contributed by atoms with Gasteiger partial charge in [0.05, 0.1) is 17.4 Å². The molecule has 2 fully saturated rings. The van der Waals surface area contributed by atoms with E-state index in [-0.39, 0.29) is 17.3 Å². The highest BCUT2D eigenvalue weighted by atomic mass is 19.1. The molecular formula is C17H21FN2O. The number of nitrogens with one attached hydrogen (secondary N) is 1. The molecule has 1 unspecified atom stereocenters. The predicted octanol–water partition coefficient (Wildman–Crippen LogP) is 3.99. The molecule has 21 heavy (non-hydrogen) atoms. The fraction of sp³-hybridized carbons (Fsp3) is 0.588. The molecule has 1 heterocycles. The summed E-state index contributed by atoms with van der Waals surface area (Å²) in [5, 5.41) is 12.2. The maximum atomic E-state index is 13.5. The highest BCUT2D eigenvalue weighted by molar-refractivity contribution is 5.57. The topological polar surface area (TPSA) is 45.0 Å². The minimum absolute atomic E-state index is 0.0860. The number of nitriles is 1. The van der Waals surface area contributed by atoms with E-state index in [0.717, 1.165) is 12.8 Å². The molecule has 1 saturated heterocycles. The molecule has 3 rings (SSSR count). The maximum absolute atomic E-state index is 13.5. The molecular weight excluding hydrogens is 267 g/mol. The number of halogens is 1. The molecule has 1 aromatic carbocycles. The van der Waals surface area contributed by atoms with Crippen LogP contribution in [0.5, 0.6) is 0 Å². The Bertz CT molecular complexity index is 546. The zero-order valence-corrected chi connectivity index (χ0v) is 12.2. The van der Waals surface area contributed by atoms with E-state index >= 15 is 0 Å². The molecule has 1 aliphatic carbocycles. The van der Waals surface area contributed by atoms with E-state index in [1.807, 2.05) is 6.07 Å². The summed E-state index contributed by atoms with van der Waals surface area (Å²) < 4.78 is 19.8. The first-order valence-electron chi connectivity index (χ1n) is 7.83. The fourth-order valence-electron chi connectivity index (χ4n) is 3.61. The van der Waals surface area contributed by atoms with Gasteiger partial charge in [0, 0.05) is 6.54 Å². The Balaban J connectivity index is 1.59. The Hall–Kier alpha value is -1.60. The van der Waals surface area contributed by atoms with Gasteiger partial charge in [0.15, 0.2) is 0 Å². The van der Waals surface area contributed by atoms with Gasteiger partial charge in [-0.2, -0.15) is 5.26 Å². The van der Waals surface area contributed by atoms with Gasteiger partial charge in [0.2, 0.25) is 0 Å². The molecule has 1 aliphatic heterocycles. The van der Waals surface area contributed by atoms with Crippen LogP contribution in [0.1, 0.15) is 50.5 Å². The molecule has 2 aliphatic rings. The third-order valence-corrected chi connectivity index (χ3v) is 4.75. The molecule has 112 valence electrons. The van der Waals surface area contributed by atoms with Crippen LogP contribution in [0.25, 0.3) is 0 Å². The summed E-state index contributed by atoms with van der Waals surface area (Å²) in [6, 6.07) is 6.59. The van der Waals surface area contributed by atoms with Crippen molar-refractivity contribution in [3.63, 3.8) is 0 Å². The van der Waals surface area contributed by atoms with E-state index < -0.39 is 5.82 Å². The van der Waals surface area contributed by atoms with Gasteiger partial charge in [0.1, 0.15) is 17.4 Å². The summed E-state index contributed by atoms with van der Waals surface area (Å²) in [6.07, 6.45) is 8.55. The summed E-state index contributed by atoms with van der Waals surface area (Å²) in [5.74, 6) is -0.474. The van der Waals surface area contributed by atoms with Crippen LogP contribution >= 0.6 is 0 Å². The van der Waals surface area contributed by atoms with Crippen LogP contribution in [0.2, 0.25) is 0 Å². The van der Waals surface area contributed by atoms with E-state index in [4.69, 9.17) is 10.00 Å². The summed E-state index contributed by atoms with van der Waals surface area (Å²) in [5.41, 5.74) is 0.749. The maximum Gasteiger partial charge on any atom is 0.143 e. The molecule has 1 N–H and O–H groups in total.